The van der Waals surface area contributed by atoms with E-state index < -0.39 is 6.23 Å². The molecule has 0 saturated carbocycles. The van der Waals surface area contributed by atoms with Crippen LogP contribution in [0.5, 0.6) is 23.0 Å². The monoisotopic (exact) mass is 420 g/mol. The number of nitrogens with zero attached hydrogens (tertiary/aromatic N) is 2. The Kier molecular flexibility index (Phi) is 4.66. The van der Waals surface area contributed by atoms with Crippen molar-refractivity contribution in [3.05, 3.63) is 83.2 Å². The Hall–Kier alpha value is -3.74. The summed E-state index contributed by atoms with van der Waals surface area (Å²) in [7, 11) is 3.17. The highest BCUT2D eigenvalue weighted by Gasteiger charge is 2.42. The van der Waals surface area contributed by atoms with Crippen molar-refractivity contribution in [3.63, 3.8) is 0 Å². The van der Waals surface area contributed by atoms with Crippen molar-refractivity contribution in [1.29, 1.82) is 0 Å². The highest BCUT2D eigenvalue weighted by atomic mass is 19.1. The fraction of sp³-hybridized carbons (Fsp3) is 0.208. The molecule has 5 rings (SSSR count). The van der Waals surface area contributed by atoms with Crippen LogP contribution in [0.1, 0.15) is 35.4 Å². The van der Waals surface area contributed by atoms with Gasteiger partial charge in [0.1, 0.15) is 17.3 Å². The van der Waals surface area contributed by atoms with Gasteiger partial charge in [-0.1, -0.05) is 24.3 Å². The number of aromatic hydroxyl groups is 1. The van der Waals surface area contributed by atoms with Gasteiger partial charge in [0.15, 0.2) is 11.5 Å². The number of hydrogen-bond acceptors (Lipinski definition) is 6. The summed E-state index contributed by atoms with van der Waals surface area (Å²) in [6, 6.07) is 16.9. The number of hydrazone groups is 1. The van der Waals surface area contributed by atoms with E-state index in [9.17, 15) is 9.50 Å². The van der Waals surface area contributed by atoms with E-state index in [1.807, 2.05) is 29.3 Å². The number of rotatable bonds is 4. The summed E-state index contributed by atoms with van der Waals surface area (Å²) in [5.41, 5.74) is 2.85. The molecule has 0 amide bonds. The minimum Gasteiger partial charge on any atom is -0.507 e. The topological polar surface area (TPSA) is 63.5 Å². The summed E-state index contributed by atoms with van der Waals surface area (Å²) >= 11 is 0. The minimum atomic E-state index is -0.644. The molecule has 0 bridgehead atoms. The van der Waals surface area contributed by atoms with E-state index >= 15 is 0 Å². The van der Waals surface area contributed by atoms with Crippen molar-refractivity contribution in [2.24, 2.45) is 5.10 Å². The molecule has 2 aliphatic rings. The van der Waals surface area contributed by atoms with E-state index in [2.05, 4.69) is 0 Å². The molecule has 2 aliphatic heterocycles. The number of halogens is 1. The molecular formula is C24H21FN2O4. The molecule has 31 heavy (non-hydrogen) atoms. The first kappa shape index (κ1) is 19.2. The molecule has 2 atom stereocenters. The lowest BCUT2D eigenvalue weighted by atomic mass is 9.95. The van der Waals surface area contributed by atoms with Crippen molar-refractivity contribution >= 4 is 5.71 Å². The first-order chi connectivity index (χ1) is 15.1. The van der Waals surface area contributed by atoms with Crippen LogP contribution in [0.25, 0.3) is 0 Å². The van der Waals surface area contributed by atoms with Crippen LogP contribution >= 0.6 is 0 Å². The molecule has 1 N–H and O–H groups in total. The van der Waals surface area contributed by atoms with Gasteiger partial charge in [0.05, 0.1) is 26.0 Å². The van der Waals surface area contributed by atoms with Crippen LogP contribution in [-0.4, -0.2) is 30.0 Å². The third kappa shape index (κ3) is 3.22. The zero-order valence-electron chi connectivity index (χ0n) is 17.1. The van der Waals surface area contributed by atoms with Gasteiger partial charge >= 0.3 is 0 Å². The molecule has 2 heterocycles. The van der Waals surface area contributed by atoms with Gasteiger partial charge in [0.25, 0.3) is 0 Å². The molecule has 0 aromatic heterocycles. The number of benzene rings is 3. The van der Waals surface area contributed by atoms with Crippen molar-refractivity contribution in [2.75, 3.05) is 14.2 Å². The summed E-state index contributed by atoms with van der Waals surface area (Å²) in [6.07, 6.45) is -0.106. The van der Waals surface area contributed by atoms with E-state index in [4.69, 9.17) is 19.3 Å². The van der Waals surface area contributed by atoms with Gasteiger partial charge in [0.2, 0.25) is 6.23 Å². The zero-order chi connectivity index (χ0) is 21.5. The fourth-order valence-corrected chi connectivity index (χ4v) is 4.16. The Bertz CT molecular complexity index is 1180. The number of phenols is 1. The maximum atomic E-state index is 14.0. The SMILES string of the molecule is COc1ccc(O)c(C2=NN3[C@H](C2)c2cccc(OC)c2O[C@H]3c2cccc(F)c2)c1. The molecular weight excluding hydrogens is 399 g/mol. The summed E-state index contributed by atoms with van der Waals surface area (Å²) in [5, 5.41) is 17.1. The number of ether oxygens (including phenoxy) is 3. The predicted molar refractivity (Wildman–Crippen MR) is 113 cm³/mol. The molecule has 0 fully saturated rings. The van der Waals surface area contributed by atoms with Crippen LogP contribution in [-0.2, 0) is 0 Å². The molecule has 3 aromatic carbocycles. The molecule has 3 aromatic rings. The van der Waals surface area contributed by atoms with Gasteiger partial charge in [0, 0.05) is 23.1 Å². The van der Waals surface area contributed by atoms with Gasteiger partial charge in [-0.05, 0) is 36.4 Å². The van der Waals surface area contributed by atoms with Crippen molar-refractivity contribution in [1.82, 2.24) is 5.01 Å². The normalized spacial score (nSPS) is 19.2. The van der Waals surface area contributed by atoms with Crippen LogP contribution in [0.3, 0.4) is 0 Å². The van der Waals surface area contributed by atoms with E-state index in [0.29, 0.717) is 40.5 Å². The van der Waals surface area contributed by atoms with Crippen LogP contribution in [0.4, 0.5) is 4.39 Å². The summed E-state index contributed by atoms with van der Waals surface area (Å²) in [6.45, 7) is 0. The molecule has 6 nitrogen and oxygen atoms in total. The molecule has 7 heteroatoms. The Morgan fingerprint density at radius 3 is 2.68 bits per heavy atom. The van der Waals surface area contributed by atoms with E-state index in [-0.39, 0.29) is 17.6 Å². The first-order valence-corrected chi connectivity index (χ1v) is 9.91. The van der Waals surface area contributed by atoms with Gasteiger partial charge in [-0.15, -0.1) is 0 Å². The lowest BCUT2D eigenvalue weighted by Gasteiger charge is -2.38. The van der Waals surface area contributed by atoms with Crippen molar-refractivity contribution in [3.8, 4) is 23.0 Å². The third-order valence-corrected chi connectivity index (χ3v) is 5.65. The Labute approximate surface area is 179 Å². The van der Waals surface area contributed by atoms with Crippen LogP contribution in [0.2, 0.25) is 0 Å². The largest absolute Gasteiger partial charge is 0.507 e. The van der Waals surface area contributed by atoms with Crippen molar-refractivity contribution in [2.45, 2.75) is 18.7 Å². The molecule has 0 saturated heterocycles. The standard InChI is InChI=1S/C24H21FN2O4/c1-29-16-9-10-21(28)18(12-16)19-13-20-17-7-4-8-22(30-2)23(17)31-24(27(20)26-19)14-5-3-6-15(25)11-14/h3-12,20,24,28H,13H2,1-2H3/t20-,24+/m1/s1. The second kappa shape index (κ2) is 7.50. The third-order valence-electron chi connectivity index (χ3n) is 5.65. The Morgan fingerprint density at radius 2 is 1.90 bits per heavy atom. The maximum absolute atomic E-state index is 14.0. The van der Waals surface area contributed by atoms with Crippen LogP contribution in [0.15, 0.2) is 65.8 Å². The van der Waals surface area contributed by atoms with Gasteiger partial charge in [-0.2, -0.15) is 5.10 Å². The molecule has 0 spiro atoms. The van der Waals surface area contributed by atoms with Gasteiger partial charge in [-0.3, -0.25) is 0 Å². The van der Waals surface area contributed by atoms with Crippen LogP contribution < -0.4 is 14.2 Å². The van der Waals surface area contributed by atoms with E-state index in [0.717, 1.165) is 5.56 Å². The van der Waals surface area contributed by atoms with Crippen LogP contribution in [0, 0.1) is 5.82 Å². The van der Waals surface area contributed by atoms with E-state index in [1.54, 1.807) is 38.5 Å². The average molecular weight is 420 g/mol. The number of para-hydroxylation sites is 1. The number of methoxy groups -OCH3 is 2. The van der Waals surface area contributed by atoms with Gasteiger partial charge < -0.3 is 19.3 Å². The fourth-order valence-electron chi connectivity index (χ4n) is 4.16. The average Bonchev–Trinajstić information content (AvgIpc) is 3.24. The second-order valence-corrected chi connectivity index (χ2v) is 7.43. The lowest BCUT2D eigenvalue weighted by molar-refractivity contribution is -0.0210. The number of hydrogen-bond donors (Lipinski definition) is 1. The Morgan fingerprint density at radius 1 is 1.06 bits per heavy atom. The maximum Gasteiger partial charge on any atom is 0.214 e. The zero-order valence-corrected chi connectivity index (χ0v) is 17.1. The summed E-state index contributed by atoms with van der Waals surface area (Å²) in [5.74, 6) is 1.62. The number of phenolic OH excluding ortho intramolecular Hbond substituents is 1. The second-order valence-electron chi connectivity index (χ2n) is 7.43. The lowest BCUT2D eigenvalue weighted by Crippen LogP contribution is -2.34. The molecule has 0 aliphatic carbocycles. The summed E-state index contributed by atoms with van der Waals surface area (Å²) < 4.78 is 31.1. The highest BCUT2D eigenvalue weighted by molar-refractivity contribution is 6.04. The summed E-state index contributed by atoms with van der Waals surface area (Å²) in [4.78, 5) is 0. The Balaban J connectivity index is 1.64. The molecule has 0 radical (unpaired) electrons. The predicted octanol–water partition coefficient (Wildman–Crippen LogP) is 4.79. The van der Waals surface area contributed by atoms with Crippen molar-refractivity contribution < 1.29 is 23.7 Å². The smallest absolute Gasteiger partial charge is 0.214 e. The molecule has 158 valence electrons. The molecule has 0 unspecified atom stereocenters. The quantitative estimate of drug-likeness (QED) is 0.658. The highest BCUT2D eigenvalue weighted by Crippen LogP contribution is 2.51. The minimum absolute atomic E-state index is 0.119. The first-order valence-electron chi connectivity index (χ1n) is 9.91. The van der Waals surface area contributed by atoms with Gasteiger partial charge in [-0.25, -0.2) is 9.40 Å². The van der Waals surface area contributed by atoms with E-state index in [1.165, 1.54) is 12.1 Å². The number of fused-ring (bicyclic) bond motifs is 3.